The topological polar surface area (TPSA) is 141 Å². The highest BCUT2D eigenvalue weighted by Gasteiger charge is 2.63. The van der Waals surface area contributed by atoms with Crippen molar-refractivity contribution in [1.29, 1.82) is 0 Å². The van der Waals surface area contributed by atoms with Crippen molar-refractivity contribution in [2.45, 2.75) is 113 Å². The smallest absolute Gasteiger partial charge is 0.349 e. The van der Waals surface area contributed by atoms with Gasteiger partial charge in [0.1, 0.15) is 18.8 Å². The first-order valence-corrected chi connectivity index (χ1v) is 14.8. The molecule has 11 nitrogen and oxygen atoms in total. The van der Waals surface area contributed by atoms with E-state index < -0.39 is 72.0 Å². The van der Waals surface area contributed by atoms with E-state index in [0.717, 1.165) is 66.2 Å². The van der Waals surface area contributed by atoms with Crippen molar-refractivity contribution in [3.05, 3.63) is 0 Å². The van der Waals surface area contributed by atoms with Crippen LogP contribution in [0.5, 0.6) is 0 Å². The van der Waals surface area contributed by atoms with Crippen LogP contribution in [0.2, 0.25) is 0 Å². The summed E-state index contributed by atoms with van der Waals surface area (Å²) < 4.78 is 48.6. The molecule has 5 fully saturated rings. The first kappa shape index (κ1) is 31.5. The molecule has 5 rings (SSSR count). The summed E-state index contributed by atoms with van der Waals surface area (Å²) in [6.45, 7) is 3.83. The van der Waals surface area contributed by atoms with E-state index in [4.69, 9.17) is 28.4 Å². The second-order valence-electron chi connectivity index (χ2n) is 11.9. The van der Waals surface area contributed by atoms with Crippen LogP contribution in [-0.4, -0.2) is 83.8 Å². The number of ether oxygens (including phenoxy) is 6. The third-order valence-corrected chi connectivity index (χ3v) is 10.1. The van der Waals surface area contributed by atoms with Gasteiger partial charge in [-0.2, -0.15) is 0 Å². The van der Waals surface area contributed by atoms with Crippen LogP contribution >= 0.6 is 11.8 Å². The Morgan fingerprint density at radius 2 is 1.41 bits per heavy atom. The highest BCUT2D eigenvalue weighted by atomic mass is 32.2. The standard InChI is InChI=1S/C28H39FO11S/c1-14(30)36-13-22(38-16(3)32)24(39-17(4)33)25-23(29)21(37-15(2)31)12-28(40-25,26(34)35-5)41-27-9-18-6-19(10-27)8-20(7-18)11-27/h18-25H,6-13H2,1-5H3/t18?,19?,20?,21-,22+,23+,24+,25+,27?,28+/m0/s1. The van der Waals surface area contributed by atoms with Gasteiger partial charge in [0, 0.05) is 38.9 Å². The van der Waals surface area contributed by atoms with Gasteiger partial charge in [-0.05, 0) is 56.3 Å². The summed E-state index contributed by atoms with van der Waals surface area (Å²) in [7, 11) is 1.19. The van der Waals surface area contributed by atoms with Crippen molar-refractivity contribution in [3.63, 3.8) is 0 Å². The molecule has 230 valence electrons. The normalized spacial score (nSPS) is 36.9. The lowest BCUT2D eigenvalue weighted by Crippen LogP contribution is -2.64. The summed E-state index contributed by atoms with van der Waals surface area (Å²) in [4.78, 5) is 59.6. The van der Waals surface area contributed by atoms with E-state index in [2.05, 4.69) is 0 Å². The minimum atomic E-state index is -2.10. The van der Waals surface area contributed by atoms with Crippen molar-refractivity contribution >= 4 is 41.6 Å². The van der Waals surface area contributed by atoms with Crippen LogP contribution < -0.4 is 0 Å². The zero-order chi connectivity index (χ0) is 30.1. The van der Waals surface area contributed by atoms with E-state index in [0.29, 0.717) is 17.8 Å². The fourth-order valence-corrected chi connectivity index (χ4v) is 9.78. The second kappa shape index (κ2) is 12.4. The minimum Gasteiger partial charge on any atom is -0.466 e. The molecule has 0 N–H and O–H groups in total. The Bertz CT molecular complexity index is 1010. The molecule has 13 heteroatoms. The molecule has 0 spiro atoms. The Kier molecular flexibility index (Phi) is 9.57. The third-order valence-electron chi connectivity index (χ3n) is 8.40. The predicted molar refractivity (Wildman–Crippen MR) is 141 cm³/mol. The fraction of sp³-hybridized carbons (Fsp3) is 0.821. The molecule has 5 aliphatic rings. The third kappa shape index (κ3) is 7.15. The Morgan fingerprint density at radius 3 is 1.88 bits per heavy atom. The van der Waals surface area contributed by atoms with E-state index in [1.54, 1.807) is 0 Å². The Hall–Kier alpha value is -2.41. The van der Waals surface area contributed by atoms with Crippen molar-refractivity contribution in [3.8, 4) is 0 Å². The number of esters is 5. The molecule has 0 unspecified atom stereocenters. The number of carbonyl (C=O) groups is 5. The number of methoxy groups -OCH3 is 1. The first-order valence-electron chi connectivity index (χ1n) is 14.0. The van der Waals surface area contributed by atoms with Crippen LogP contribution in [0.25, 0.3) is 0 Å². The molecule has 0 aromatic heterocycles. The van der Waals surface area contributed by atoms with E-state index >= 15 is 4.39 Å². The minimum absolute atomic E-state index is 0.332. The lowest BCUT2D eigenvalue weighted by atomic mass is 9.56. The Labute approximate surface area is 242 Å². The van der Waals surface area contributed by atoms with Crippen LogP contribution in [0.15, 0.2) is 0 Å². The number of hydrogen-bond donors (Lipinski definition) is 0. The van der Waals surface area contributed by atoms with Crippen LogP contribution in [0.1, 0.15) is 72.6 Å². The number of halogens is 1. The Balaban J connectivity index is 1.75. The van der Waals surface area contributed by atoms with Gasteiger partial charge in [0.15, 0.2) is 18.4 Å². The van der Waals surface area contributed by atoms with Crippen LogP contribution in [0.3, 0.4) is 0 Å². The largest absolute Gasteiger partial charge is 0.466 e. The molecular formula is C28H39FO11S. The lowest BCUT2D eigenvalue weighted by Gasteiger charge is -2.59. The molecule has 4 bridgehead atoms. The number of alkyl halides is 1. The summed E-state index contributed by atoms with van der Waals surface area (Å²) in [5.41, 5.74) is 0. The van der Waals surface area contributed by atoms with Crippen molar-refractivity contribution in [2.24, 2.45) is 17.8 Å². The molecule has 1 heterocycles. The summed E-state index contributed by atoms with van der Waals surface area (Å²) in [6, 6.07) is 0. The number of rotatable bonds is 10. The molecule has 41 heavy (non-hydrogen) atoms. The number of thioether (sulfide) groups is 1. The second-order valence-corrected chi connectivity index (χ2v) is 13.6. The summed E-state index contributed by atoms with van der Waals surface area (Å²) in [6.07, 6.45) is -2.79. The van der Waals surface area contributed by atoms with Crippen LogP contribution in [-0.2, 0) is 52.4 Å². The SMILES string of the molecule is COC(=O)[C@]1(SC23CC4CC(CC(C4)C2)C3)C[C@H](OC(C)=O)[C@@H](F)[C@H]([C@H](OC(C)=O)[C@@H](COC(C)=O)OC(C)=O)O1. The van der Waals surface area contributed by atoms with E-state index in [-0.39, 0.29) is 11.2 Å². The van der Waals surface area contributed by atoms with Crippen LogP contribution in [0, 0.1) is 17.8 Å². The van der Waals surface area contributed by atoms with E-state index in [9.17, 15) is 24.0 Å². The zero-order valence-electron chi connectivity index (χ0n) is 24.1. The van der Waals surface area contributed by atoms with Gasteiger partial charge in [0.2, 0.25) is 4.93 Å². The Morgan fingerprint density at radius 1 is 0.854 bits per heavy atom. The lowest BCUT2D eigenvalue weighted by molar-refractivity contribution is -0.234. The molecule has 0 radical (unpaired) electrons. The predicted octanol–water partition coefficient (Wildman–Crippen LogP) is 3.04. The van der Waals surface area contributed by atoms with Gasteiger partial charge in [-0.15, -0.1) is 11.8 Å². The summed E-state index contributed by atoms with van der Waals surface area (Å²) in [5.74, 6) is -2.41. The van der Waals surface area contributed by atoms with Gasteiger partial charge < -0.3 is 28.4 Å². The van der Waals surface area contributed by atoms with E-state index in [1.807, 2.05) is 0 Å². The average molecular weight is 603 g/mol. The molecule has 0 aromatic rings. The van der Waals surface area contributed by atoms with E-state index in [1.165, 1.54) is 18.9 Å². The quantitative estimate of drug-likeness (QED) is 0.268. The van der Waals surface area contributed by atoms with Crippen molar-refractivity contribution in [2.75, 3.05) is 13.7 Å². The maximum absolute atomic E-state index is 16.3. The maximum atomic E-state index is 16.3. The van der Waals surface area contributed by atoms with Crippen LogP contribution in [0.4, 0.5) is 4.39 Å². The molecule has 1 saturated heterocycles. The summed E-state index contributed by atoms with van der Waals surface area (Å²) in [5, 5.41) is 0. The highest BCUT2D eigenvalue weighted by molar-refractivity contribution is 8.02. The van der Waals surface area contributed by atoms with Gasteiger partial charge in [0.05, 0.1) is 7.11 Å². The van der Waals surface area contributed by atoms with Crippen molar-refractivity contribution in [1.82, 2.24) is 0 Å². The average Bonchev–Trinajstić information content (AvgIpc) is 2.85. The molecule has 1 aliphatic heterocycles. The highest BCUT2D eigenvalue weighted by Crippen LogP contribution is 2.64. The first-order chi connectivity index (χ1) is 19.2. The van der Waals surface area contributed by atoms with Gasteiger partial charge >= 0.3 is 29.8 Å². The molecule has 6 atom stereocenters. The number of carbonyl (C=O) groups excluding carboxylic acids is 5. The fourth-order valence-electron chi connectivity index (χ4n) is 7.55. The zero-order valence-corrected chi connectivity index (χ0v) is 24.9. The van der Waals surface area contributed by atoms with Crippen molar-refractivity contribution < 1.29 is 56.8 Å². The molecule has 4 aliphatic carbocycles. The van der Waals surface area contributed by atoms with Gasteiger partial charge in [-0.25, -0.2) is 9.18 Å². The van der Waals surface area contributed by atoms with Gasteiger partial charge in [-0.1, -0.05) is 0 Å². The van der Waals surface area contributed by atoms with Gasteiger partial charge in [0.25, 0.3) is 0 Å². The van der Waals surface area contributed by atoms with Gasteiger partial charge in [-0.3, -0.25) is 19.2 Å². The molecule has 0 aromatic carbocycles. The molecular weight excluding hydrogens is 563 g/mol. The summed E-state index contributed by atoms with van der Waals surface area (Å²) >= 11 is 1.29. The maximum Gasteiger partial charge on any atom is 0.349 e. The number of hydrogen-bond acceptors (Lipinski definition) is 12. The molecule has 4 saturated carbocycles. The molecule has 0 amide bonds. The monoisotopic (exact) mass is 602 g/mol.